The maximum Gasteiger partial charge on any atom is 0.166 e. The number of rotatable bonds is 4. The van der Waals surface area contributed by atoms with Crippen LogP contribution in [0.5, 0.6) is 0 Å². The molecule has 3 saturated carbocycles. The number of halogens is 1. The molecule has 182 valence electrons. The molecule has 3 aliphatic carbocycles. The average Bonchev–Trinajstić information content (AvgIpc) is 3.47. The van der Waals surface area contributed by atoms with Gasteiger partial charge in [-0.2, -0.15) is 0 Å². The normalized spacial score (nSPS) is 23.5. The number of fused-ring (bicyclic) bond motifs is 5. The van der Waals surface area contributed by atoms with Crippen LogP contribution in [0.25, 0.3) is 44.7 Å². The first kappa shape index (κ1) is 21.5. The minimum atomic E-state index is -0.382. The van der Waals surface area contributed by atoms with Crippen LogP contribution in [0, 0.1) is 23.6 Å². The molecule has 8 rings (SSSR count). The molecule has 3 aliphatic rings. The van der Waals surface area contributed by atoms with Crippen molar-refractivity contribution in [2.45, 2.75) is 38.6 Å². The van der Waals surface area contributed by atoms with Gasteiger partial charge in [-0.25, -0.2) is 19.3 Å². The zero-order valence-corrected chi connectivity index (χ0v) is 20.5. The molecule has 2 N–H and O–H groups in total. The van der Waals surface area contributed by atoms with Crippen LogP contribution in [-0.4, -0.2) is 30.5 Å². The lowest BCUT2D eigenvalue weighted by Gasteiger charge is -2.47. The van der Waals surface area contributed by atoms with Crippen molar-refractivity contribution in [1.29, 1.82) is 0 Å². The number of benzene rings is 1. The van der Waals surface area contributed by atoms with Gasteiger partial charge >= 0.3 is 0 Å². The van der Waals surface area contributed by atoms with Gasteiger partial charge in [-0.3, -0.25) is 0 Å². The Bertz CT molecular complexity index is 1580. The summed E-state index contributed by atoms with van der Waals surface area (Å²) in [6.45, 7) is 2.39. The van der Waals surface area contributed by atoms with Crippen molar-refractivity contribution < 1.29 is 4.39 Å². The first-order valence-electron chi connectivity index (χ1n) is 12.9. The lowest BCUT2D eigenvalue weighted by molar-refractivity contribution is 0.0929. The molecular weight excluding hydrogens is 451 g/mol. The van der Waals surface area contributed by atoms with Crippen LogP contribution >= 0.6 is 0 Å². The minimum absolute atomic E-state index is 0.382. The highest BCUT2D eigenvalue weighted by Crippen LogP contribution is 2.46. The van der Waals surface area contributed by atoms with E-state index in [1.54, 1.807) is 0 Å². The Hall–Kier alpha value is -3.74. The molecule has 6 nitrogen and oxygen atoms in total. The van der Waals surface area contributed by atoms with Crippen molar-refractivity contribution in [3.63, 3.8) is 0 Å². The van der Waals surface area contributed by atoms with Crippen LogP contribution < -0.4 is 5.32 Å². The minimum Gasteiger partial charge on any atom is -0.366 e. The molecule has 2 atom stereocenters. The molecule has 4 aromatic heterocycles. The number of nitrogens with one attached hydrogen (secondary N) is 2. The van der Waals surface area contributed by atoms with E-state index in [0.29, 0.717) is 34.7 Å². The molecule has 2 bridgehead atoms. The maximum atomic E-state index is 14.4. The van der Waals surface area contributed by atoms with Gasteiger partial charge in [0.1, 0.15) is 22.9 Å². The van der Waals surface area contributed by atoms with Crippen LogP contribution in [0.1, 0.15) is 32.6 Å². The molecule has 3 fully saturated rings. The van der Waals surface area contributed by atoms with Crippen LogP contribution in [0.3, 0.4) is 0 Å². The van der Waals surface area contributed by atoms with E-state index in [2.05, 4.69) is 28.3 Å². The highest BCUT2D eigenvalue weighted by Gasteiger charge is 2.41. The molecule has 0 spiro atoms. The van der Waals surface area contributed by atoms with Crippen molar-refractivity contribution >= 4 is 27.9 Å². The molecule has 5 aromatic rings. The largest absolute Gasteiger partial charge is 0.366 e. The van der Waals surface area contributed by atoms with Gasteiger partial charge in [-0.05, 0) is 61.1 Å². The molecular formula is C29H29FN6. The third-order valence-corrected chi connectivity index (χ3v) is 8.57. The van der Waals surface area contributed by atoms with E-state index < -0.39 is 0 Å². The molecule has 1 aromatic carbocycles. The lowest BCUT2D eigenvalue weighted by atomic mass is 9.62. The number of aromatic amines is 1. The average molecular weight is 481 g/mol. The Morgan fingerprint density at radius 1 is 1.00 bits per heavy atom. The van der Waals surface area contributed by atoms with Crippen molar-refractivity contribution in [3.05, 3.63) is 60.7 Å². The van der Waals surface area contributed by atoms with E-state index in [0.717, 1.165) is 39.6 Å². The molecule has 4 heterocycles. The third-order valence-electron chi connectivity index (χ3n) is 8.57. The Morgan fingerprint density at radius 3 is 2.56 bits per heavy atom. The fourth-order valence-electron chi connectivity index (χ4n) is 6.62. The van der Waals surface area contributed by atoms with E-state index >= 15 is 0 Å². The molecule has 36 heavy (non-hydrogen) atoms. The Labute approximate surface area is 209 Å². The SMILES string of the molecule is CC1C2CCC(CC2)C1Nc1nc(-c2c(-c3ccccc3)[nH]c3ncc(F)cc23)nc2c1ccn2C. The van der Waals surface area contributed by atoms with Crippen molar-refractivity contribution in [2.24, 2.45) is 24.8 Å². The molecule has 0 saturated heterocycles. The molecule has 7 heteroatoms. The maximum absolute atomic E-state index is 14.4. The summed E-state index contributed by atoms with van der Waals surface area (Å²) in [5.74, 6) is 3.12. The standard InChI is InChI=1S/C29H29FN6/c1-16-17-8-10-19(11-9-17)24(16)32-27-21-12-13-36(2)29(21)35-28(34-27)23-22-14-20(30)15-31-26(22)33-25(23)18-6-4-3-5-7-18/h3-7,12-17,19,24H,8-11H2,1-2H3,(H,31,33)(H,32,34,35). The fraction of sp³-hybridized carbons (Fsp3) is 0.345. The second-order valence-electron chi connectivity index (χ2n) is 10.6. The Balaban J connectivity index is 1.44. The number of H-pyrrole nitrogens is 1. The molecule has 0 aliphatic heterocycles. The molecule has 2 unspecified atom stereocenters. The number of pyridine rings is 1. The number of hydrogen-bond donors (Lipinski definition) is 2. The van der Waals surface area contributed by atoms with Crippen LogP contribution in [0.2, 0.25) is 0 Å². The Morgan fingerprint density at radius 2 is 1.78 bits per heavy atom. The summed E-state index contributed by atoms with van der Waals surface area (Å²) in [4.78, 5) is 17.9. The Kier molecular flexibility index (Phi) is 4.88. The topological polar surface area (TPSA) is 71.4 Å². The highest BCUT2D eigenvalue weighted by molar-refractivity contribution is 6.02. The summed E-state index contributed by atoms with van der Waals surface area (Å²) < 4.78 is 16.4. The van der Waals surface area contributed by atoms with E-state index in [1.807, 2.05) is 48.1 Å². The van der Waals surface area contributed by atoms with Crippen molar-refractivity contribution in [2.75, 3.05) is 5.32 Å². The van der Waals surface area contributed by atoms with Crippen LogP contribution in [0.15, 0.2) is 54.9 Å². The molecule has 0 radical (unpaired) electrons. The van der Waals surface area contributed by atoms with Gasteiger partial charge < -0.3 is 14.9 Å². The number of anilines is 1. The zero-order chi connectivity index (χ0) is 24.4. The number of aromatic nitrogens is 5. The first-order chi connectivity index (χ1) is 17.6. The summed E-state index contributed by atoms with van der Waals surface area (Å²) in [6, 6.07) is 14.0. The molecule has 0 amide bonds. The smallest absolute Gasteiger partial charge is 0.166 e. The number of aryl methyl sites for hydroxylation is 1. The predicted molar refractivity (Wildman–Crippen MR) is 141 cm³/mol. The van der Waals surface area contributed by atoms with Gasteiger partial charge in [-0.1, -0.05) is 37.3 Å². The third kappa shape index (κ3) is 3.33. The van der Waals surface area contributed by atoms with E-state index in [9.17, 15) is 4.39 Å². The second-order valence-corrected chi connectivity index (χ2v) is 10.6. The summed E-state index contributed by atoms with van der Waals surface area (Å²) in [6.07, 6.45) is 8.52. The van der Waals surface area contributed by atoms with E-state index in [1.165, 1.54) is 37.9 Å². The monoisotopic (exact) mass is 480 g/mol. The summed E-state index contributed by atoms with van der Waals surface area (Å²) >= 11 is 0. The lowest BCUT2D eigenvalue weighted by Crippen LogP contribution is -2.47. The summed E-state index contributed by atoms with van der Waals surface area (Å²) in [7, 11) is 2.00. The fourth-order valence-corrected chi connectivity index (χ4v) is 6.62. The van der Waals surface area contributed by atoms with E-state index in [-0.39, 0.29) is 5.82 Å². The highest BCUT2D eigenvalue weighted by atomic mass is 19.1. The van der Waals surface area contributed by atoms with Gasteiger partial charge in [0, 0.05) is 24.7 Å². The number of nitrogens with zero attached hydrogens (tertiary/aromatic N) is 4. The summed E-state index contributed by atoms with van der Waals surface area (Å²) in [5.41, 5.74) is 4.07. The summed E-state index contributed by atoms with van der Waals surface area (Å²) in [5, 5.41) is 5.57. The van der Waals surface area contributed by atoms with Gasteiger partial charge in [0.2, 0.25) is 0 Å². The van der Waals surface area contributed by atoms with Gasteiger partial charge in [-0.15, -0.1) is 0 Å². The van der Waals surface area contributed by atoms with Crippen molar-refractivity contribution in [3.8, 4) is 22.6 Å². The van der Waals surface area contributed by atoms with Crippen LogP contribution in [-0.2, 0) is 7.05 Å². The second kappa shape index (κ2) is 8.15. The first-order valence-corrected chi connectivity index (χ1v) is 12.9. The van der Waals surface area contributed by atoms with Crippen molar-refractivity contribution in [1.82, 2.24) is 24.5 Å². The van der Waals surface area contributed by atoms with Crippen LogP contribution in [0.4, 0.5) is 10.2 Å². The quantitative estimate of drug-likeness (QED) is 0.306. The van der Waals surface area contributed by atoms with Gasteiger partial charge in [0.05, 0.1) is 22.8 Å². The number of hydrogen-bond acceptors (Lipinski definition) is 4. The predicted octanol–water partition coefficient (Wildman–Crippen LogP) is 6.55. The van der Waals surface area contributed by atoms with Gasteiger partial charge in [0.25, 0.3) is 0 Å². The van der Waals surface area contributed by atoms with Gasteiger partial charge in [0.15, 0.2) is 5.82 Å². The van der Waals surface area contributed by atoms with E-state index in [4.69, 9.17) is 9.97 Å². The zero-order valence-electron chi connectivity index (χ0n) is 20.5.